The number of fused-ring (bicyclic) bond motifs is 4. The average Bonchev–Trinajstić information content (AvgIpc) is 3.23. The summed E-state index contributed by atoms with van der Waals surface area (Å²) in [7, 11) is -2.29. The van der Waals surface area contributed by atoms with Crippen molar-refractivity contribution in [2.75, 3.05) is 13.1 Å². The summed E-state index contributed by atoms with van der Waals surface area (Å²) in [6, 6.07) is 40.4. The molecule has 0 aliphatic carbocycles. The molecule has 1 aromatic heterocycles. The van der Waals surface area contributed by atoms with Gasteiger partial charge in [0.15, 0.2) is 0 Å². The van der Waals surface area contributed by atoms with Gasteiger partial charge in [0.25, 0.3) is 8.32 Å². The Bertz CT molecular complexity index is 2410. The van der Waals surface area contributed by atoms with Crippen molar-refractivity contribution in [3.05, 3.63) is 157 Å². The molecule has 9 rings (SSSR count). The zero-order valence-electron chi connectivity index (χ0n) is 35.0. The van der Waals surface area contributed by atoms with Crippen molar-refractivity contribution in [2.45, 2.75) is 76.6 Å². The van der Waals surface area contributed by atoms with Crippen LogP contribution in [0.1, 0.15) is 56.4 Å². The Balaban J connectivity index is 0.00000544. The highest BCUT2D eigenvalue weighted by Gasteiger charge is 2.54. The van der Waals surface area contributed by atoms with Crippen molar-refractivity contribution in [3.63, 3.8) is 0 Å². The minimum absolute atomic E-state index is 0. The molecular weight excluding hydrogens is 838 g/mol. The monoisotopic (exact) mass is 890 g/mol. The van der Waals surface area contributed by atoms with Crippen LogP contribution in [-0.4, -0.2) is 42.0 Å². The highest BCUT2D eigenvalue weighted by molar-refractivity contribution is 6.74. The topological polar surface area (TPSA) is 42.4 Å². The van der Waals surface area contributed by atoms with Crippen molar-refractivity contribution in [3.8, 4) is 39.3 Å². The maximum absolute atomic E-state index is 13.5. The molecule has 6 aromatic rings. The quantitative estimate of drug-likeness (QED) is 0.0847. The Labute approximate surface area is 364 Å². The minimum atomic E-state index is -4.44. The molecule has 0 saturated carbocycles. The number of piperidine rings is 3. The van der Waals surface area contributed by atoms with Gasteiger partial charge in [0.1, 0.15) is 24.4 Å². The van der Waals surface area contributed by atoms with Crippen LogP contribution in [0, 0.1) is 11.8 Å². The lowest BCUT2D eigenvalue weighted by atomic mass is 9.71. The van der Waals surface area contributed by atoms with Crippen LogP contribution in [0.5, 0.6) is 5.75 Å². The fraction of sp³-hybridized carbons (Fsp3) is 0.314. The van der Waals surface area contributed by atoms with Crippen LogP contribution in [0.15, 0.2) is 140 Å². The maximum atomic E-state index is 13.5. The third-order valence-electron chi connectivity index (χ3n) is 13.6. The molecule has 5 atom stereocenters. The number of hydrogen-bond acceptors (Lipinski definition) is 3. The fourth-order valence-electron chi connectivity index (χ4n) is 9.34. The summed E-state index contributed by atoms with van der Waals surface area (Å²) in [5.74, 6) is 1.62. The SMILES string of the molecule is C=C[C@H]1C[N@+]2(Cc3cc(-c4ccccc4)c(O[Si](C)(C)C(C)(C)C)c(-c4ccccc4)c3)CC[C@H]1C[C@@H]2[C@@H](O)c1cc(-c2ccc(C(F)(F)F)cc2)nc2ccccc12.[Br-]. The summed E-state index contributed by atoms with van der Waals surface area (Å²) in [5.41, 5.74) is 7.35. The van der Waals surface area contributed by atoms with Crippen molar-refractivity contribution in [1.82, 2.24) is 4.98 Å². The standard InChI is InChI=1S/C51H54F3N2O2Si.BrH/c1-7-35-33-56(32-34-28-42(36-16-10-8-11-17-36)49(58-59(5,6)50(2,3)4)43(29-34)37-18-12-9-13-19-37)27-26-39(35)30-47(56)48(57)44-31-46(55-45-21-15-14-20-41(44)45)38-22-24-40(25-23-38)51(52,53)54;/h7-25,28-29,31,35,39,47-48,57H,1,26-27,30,32-33H2,2-6H3;1H/q+1;/p-1/t35-,39-,47+,48-,56+;/m0./s1. The summed E-state index contributed by atoms with van der Waals surface area (Å²) in [4.78, 5) is 4.89. The van der Waals surface area contributed by atoms with Crippen LogP contribution in [0.25, 0.3) is 44.4 Å². The van der Waals surface area contributed by atoms with Crippen molar-refractivity contribution in [2.24, 2.45) is 11.8 Å². The second kappa shape index (κ2) is 16.7. The number of nitrogens with zero attached hydrogens (tertiary/aromatic N) is 2. The lowest BCUT2D eigenvalue weighted by Gasteiger charge is -2.58. The molecule has 4 heterocycles. The van der Waals surface area contributed by atoms with Gasteiger partial charge in [-0.25, -0.2) is 4.98 Å². The first-order valence-electron chi connectivity index (χ1n) is 20.8. The van der Waals surface area contributed by atoms with Gasteiger partial charge in [-0.15, -0.1) is 6.58 Å². The van der Waals surface area contributed by atoms with Crippen molar-refractivity contribution >= 4 is 19.2 Å². The molecule has 2 bridgehead atoms. The summed E-state index contributed by atoms with van der Waals surface area (Å²) in [6.07, 6.45) is -1.31. The summed E-state index contributed by atoms with van der Waals surface area (Å²) in [6.45, 7) is 18.2. The normalized spacial score (nSPS) is 21.0. The number of quaternary nitrogens is 1. The molecular formula is C51H54BrF3N2O2Si. The molecule has 3 fully saturated rings. The third kappa shape index (κ3) is 8.38. The number of rotatable bonds is 10. The number of aliphatic hydroxyl groups is 1. The predicted molar refractivity (Wildman–Crippen MR) is 236 cm³/mol. The van der Waals surface area contributed by atoms with E-state index in [1.807, 2.05) is 42.5 Å². The maximum Gasteiger partial charge on any atom is 0.416 e. The van der Waals surface area contributed by atoms with Gasteiger partial charge in [-0.2, -0.15) is 13.2 Å². The number of para-hydroxylation sites is 1. The smallest absolute Gasteiger partial charge is 0.416 e. The Hall–Kier alpha value is -4.54. The molecule has 4 nitrogen and oxygen atoms in total. The van der Waals surface area contributed by atoms with E-state index in [1.54, 1.807) is 0 Å². The second-order valence-corrected chi connectivity index (χ2v) is 23.0. The second-order valence-electron chi connectivity index (χ2n) is 18.3. The molecule has 0 amide bonds. The molecule has 3 saturated heterocycles. The van der Waals surface area contributed by atoms with Gasteiger partial charge in [-0.05, 0) is 77.1 Å². The summed E-state index contributed by atoms with van der Waals surface area (Å²) in [5, 5.41) is 13.7. The molecule has 3 aliphatic rings. The van der Waals surface area contributed by atoms with Crippen LogP contribution < -0.4 is 21.4 Å². The van der Waals surface area contributed by atoms with E-state index in [0.29, 0.717) is 39.6 Å². The van der Waals surface area contributed by atoms with E-state index in [4.69, 9.17) is 9.41 Å². The van der Waals surface area contributed by atoms with Crippen molar-refractivity contribution < 1.29 is 44.2 Å². The molecule has 3 aliphatic heterocycles. The minimum Gasteiger partial charge on any atom is -1.00 e. The van der Waals surface area contributed by atoms with Gasteiger partial charge in [0.05, 0.1) is 29.9 Å². The number of aliphatic hydroxyl groups excluding tert-OH is 1. The summed E-state index contributed by atoms with van der Waals surface area (Å²) >= 11 is 0. The lowest BCUT2D eigenvalue weighted by molar-refractivity contribution is -0.984. The van der Waals surface area contributed by atoms with E-state index in [1.165, 1.54) is 17.7 Å². The van der Waals surface area contributed by atoms with Gasteiger partial charge in [-0.1, -0.05) is 118 Å². The van der Waals surface area contributed by atoms with E-state index in [0.717, 1.165) is 77.0 Å². The molecule has 0 radical (unpaired) electrons. The van der Waals surface area contributed by atoms with E-state index < -0.39 is 26.2 Å². The molecule has 60 heavy (non-hydrogen) atoms. The number of hydrogen-bond donors (Lipinski definition) is 1. The van der Waals surface area contributed by atoms with E-state index in [9.17, 15) is 18.3 Å². The first-order valence-corrected chi connectivity index (χ1v) is 23.7. The first-order chi connectivity index (χ1) is 28.1. The first kappa shape index (κ1) is 43.5. The van der Waals surface area contributed by atoms with Crippen LogP contribution in [0.2, 0.25) is 18.1 Å². The molecule has 9 heteroatoms. The van der Waals surface area contributed by atoms with Crippen LogP contribution in [-0.2, 0) is 12.7 Å². The number of pyridine rings is 1. The average molecular weight is 892 g/mol. The number of alkyl halides is 3. The largest absolute Gasteiger partial charge is 1.00 e. The Kier molecular flexibility index (Phi) is 12.1. The summed E-state index contributed by atoms with van der Waals surface area (Å²) < 4.78 is 48.5. The number of halogens is 4. The Morgan fingerprint density at radius 2 is 1.42 bits per heavy atom. The Morgan fingerprint density at radius 3 is 1.98 bits per heavy atom. The van der Waals surface area contributed by atoms with Crippen LogP contribution in [0.3, 0.4) is 0 Å². The van der Waals surface area contributed by atoms with Crippen molar-refractivity contribution in [1.29, 1.82) is 0 Å². The number of benzene rings is 5. The molecule has 312 valence electrons. The lowest BCUT2D eigenvalue weighted by Crippen LogP contribution is -3.00. The molecule has 5 aromatic carbocycles. The highest BCUT2D eigenvalue weighted by Crippen LogP contribution is 2.51. The van der Waals surface area contributed by atoms with Gasteiger partial charge in [0.2, 0.25) is 0 Å². The molecule has 0 spiro atoms. The number of aromatic nitrogens is 1. The molecule has 0 unspecified atom stereocenters. The van der Waals surface area contributed by atoms with E-state index in [2.05, 4.69) is 107 Å². The molecule has 1 N–H and O–H groups in total. The van der Waals surface area contributed by atoms with E-state index >= 15 is 0 Å². The van der Waals surface area contributed by atoms with Gasteiger partial charge in [0, 0.05) is 46.4 Å². The van der Waals surface area contributed by atoms with Gasteiger partial charge >= 0.3 is 6.18 Å². The van der Waals surface area contributed by atoms with Crippen LogP contribution >= 0.6 is 0 Å². The van der Waals surface area contributed by atoms with Gasteiger partial charge < -0.3 is 31.0 Å². The van der Waals surface area contributed by atoms with Gasteiger partial charge in [-0.3, -0.25) is 0 Å². The zero-order valence-corrected chi connectivity index (χ0v) is 37.6. The predicted octanol–water partition coefficient (Wildman–Crippen LogP) is 10.3. The van der Waals surface area contributed by atoms with E-state index in [-0.39, 0.29) is 28.1 Å². The van der Waals surface area contributed by atoms with Crippen LogP contribution in [0.4, 0.5) is 13.2 Å². The highest BCUT2D eigenvalue weighted by atomic mass is 79.9. The fourth-order valence-corrected chi connectivity index (χ4v) is 10.4. The third-order valence-corrected chi connectivity index (χ3v) is 17.9. The Morgan fingerprint density at radius 1 is 0.833 bits per heavy atom. The zero-order chi connectivity index (χ0) is 41.7.